The number of nitrogens with one attached hydrogen (secondary N) is 1. The summed E-state index contributed by atoms with van der Waals surface area (Å²) >= 11 is 10.6. The van der Waals surface area contributed by atoms with Crippen molar-refractivity contribution in [2.75, 3.05) is 0 Å². The van der Waals surface area contributed by atoms with Gasteiger partial charge in [0, 0.05) is 5.02 Å². The van der Waals surface area contributed by atoms with E-state index in [9.17, 15) is 0 Å². The largest absolute Gasteiger partial charge is 0.267 e. The third-order valence-electron chi connectivity index (χ3n) is 1.61. The van der Waals surface area contributed by atoms with Crippen LogP contribution >= 0.6 is 23.8 Å². The molecule has 1 N–H and O–H groups in total. The summed E-state index contributed by atoms with van der Waals surface area (Å²) in [6.45, 7) is 0. The number of hydrogen-bond acceptors (Lipinski definition) is 2. The van der Waals surface area contributed by atoms with Crippen LogP contribution in [0.4, 0.5) is 0 Å². The third kappa shape index (κ3) is 1.79. The number of nitrogens with zero attached hydrogens (tertiary/aromatic N) is 2. The maximum absolute atomic E-state index is 5.75. The fraction of sp³-hybridized carbons (Fsp3) is 0. The molecule has 0 saturated heterocycles. The van der Waals surface area contributed by atoms with E-state index < -0.39 is 0 Å². The maximum Gasteiger partial charge on any atom is 0.213 e. The molecule has 2 rings (SSSR count). The van der Waals surface area contributed by atoms with Gasteiger partial charge in [0.05, 0.1) is 5.69 Å². The smallest absolute Gasteiger partial charge is 0.213 e. The molecule has 0 radical (unpaired) electrons. The molecule has 3 nitrogen and oxygen atoms in total. The highest BCUT2D eigenvalue weighted by Gasteiger charge is 1.95. The Hall–Kier alpha value is -1.13. The molecule has 0 aliphatic heterocycles. The SMILES string of the molecule is S=c1ncn(-c2ccc(Cl)cc2)[nH]1. The third-order valence-corrected chi connectivity index (χ3v) is 2.06. The van der Waals surface area contributed by atoms with Gasteiger partial charge in [-0.25, -0.2) is 9.67 Å². The van der Waals surface area contributed by atoms with Gasteiger partial charge in [-0.3, -0.25) is 5.10 Å². The molecular weight excluding hydrogens is 206 g/mol. The molecule has 0 atom stereocenters. The van der Waals surface area contributed by atoms with Crippen molar-refractivity contribution in [3.63, 3.8) is 0 Å². The summed E-state index contributed by atoms with van der Waals surface area (Å²) in [6, 6.07) is 7.39. The Morgan fingerprint density at radius 1 is 1.31 bits per heavy atom. The molecule has 66 valence electrons. The Balaban J connectivity index is 2.47. The van der Waals surface area contributed by atoms with Crippen LogP contribution in [0.2, 0.25) is 5.02 Å². The van der Waals surface area contributed by atoms with Gasteiger partial charge in [-0.2, -0.15) is 0 Å². The molecule has 0 fully saturated rings. The minimum Gasteiger partial charge on any atom is -0.267 e. The van der Waals surface area contributed by atoms with Crippen LogP contribution in [0.5, 0.6) is 0 Å². The average molecular weight is 212 g/mol. The molecule has 1 aromatic heterocycles. The first-order chi connectivity index (χ1) is 6.25. The highest BCUT2D eigenvalue weighted by atomic mass is 35.5. The van der Waals surface area contributed by atoms with Gasteiger partial charge in [-0.15, -0.1) is 0 Å². The zero-order valence-corrected chi connectivity index (χ0v) is 8.14. The van der Waals surface area contributed by atoms with Crippen molar-refractivity contribution in [1.82, 2.24) is 14.8 Å². The van der Waals surface area contributed by atoms with E-state index in [0.717, 1.165) is 5.69 Å². The van der Waals surface area contributed by atoms with Gasteiger partial charge in [0.1, 0.15) is 6.33 Å². The van der Waals surface area contributed by atoms with Crippen LogP contribution in [0, 0.1) is 4.77 Å². The fourth-order valence-corrected chi connectivity index (χ4v) is 1.28. The Morgan fingerprint density at radius 3 is 2.54 bits per heavy atom. The van der Waals surface area contributed by atoms with Crippen molar-refractivity contribution in [1.29, 1.82) is 0 Å². The lowest BCUT2D eigenvalue weighted by Crippen LogP contribution is -1.93. The molecular formula is C8H6ClN3S. The Morgan fingerprint density at radius 2 is 2.00 bits per heavy atom. The van der Waals surface area contributed by atoms with Crippen molar-refractivity contribution in [2.45, 2.75) is 0 Å². The number of H-pyrrole nitrogens is 1. The van der Waals surface area contributed by atoms with Crippen LogP contribution in [0.15, 0.2) is 30.6 Å². The van der Waals surface area contributed by atoms with Gasteiger partial charge in [0.2, 0.25) is 4.77 Å². The average Bonchev–Trinajstić information content (AvgIpc) is 2.53. The molecule has 0 spiro atoms. The first-order valence-electron chi connectivity index (χ1n) is 3.65. The molecule has 0 amide bonds. The number of benzene rings is 1. The van der Waals surface area contributed by atoms with E-state index in [1.807, 2.05) is 24.3 Å². The van der Waals surface area contributed by atoms with E-state index in [1.165, 1.54) is 0 Å². The molecule has 1 aromatic carbocycles. The standard InChI is InChI=1S/C8H6ClN3S/c9-6-1-3-7(4-2-6)12-5-10-8(13)11-12/h1-5H,(H,11,13). The van der Waals surface area contributed by atoms with Crippen LogP contribution in [0.25, 0.3) is 5.69 Å². The van der Waals surface area contributed by atoms with Crippen molar-refractivity contribution >= 4 is 23.8 Å². The molecule has 1 heterocycles. The van der Waals surface area contributed by atoms with E-state index in [1.54, 1.807) is 11.0 Å². The van der Waals surface area contributed by atoms with Crippen LogP contribution in [-0.4, -0.2) is 14.8 Å². The lowest BCUT2D eigenvalue weighted by molar-refractivity contribution is 0.874. The molecule has 0 unspecified atom stereocenters. The lowest BCUT2D eigenvalue weighted by Gasteiger charge is -1.99. The predicted octanol–water partition coefficient (Wildman–Crippen LogP) is 2.58. The molecule has 13 heavy (non-hydrogen) atoms. The summed E-state index contributed by atoms with van der Waals surface area (Å²) in [7, 11) is 0. The van der Waals surface area contributed by atoms with Crippen LogP contribution in [0.1, 0.15) is 0 Å². The second-order valence-corrected chi connectivity index (χ2v) is 3.33. The number of aromatic nitrogens is 3. The van der Waals surface area contributed by atoms with Gasteiger partial charge in [0.15, 0.2) is 0 Å². The molecule has 2 aromatic rings. The second kappa shape index (κ2) is 3.32. The van der Waals surface area contributed by atoms with E-state index in [2.05, 4.69) is 10.1 Å². The van der Waals surface area contributed by atoms with Crippen molar-refractivity contribution in [3.8, 4) is 5.69 Å². The molecule has 5 heteroatoms. The summed E-state index contributed by atoms with van der Waals surface area (Å²) in [5.41, 5.74) is 0.952. The predicted molar refractivity (Wildman–Crippen MR) is 53.8 cm³/mol. The monoisotopic (exact) mass is 211 g/mol. The molecule has 0 aliphatic carbocycles. The van der Waals surface area contributed by atoms with E-state index in [-0.39, 0.29) is 0 Å². The first-order valence-corrected chi connectivity index (χ1v) is 4.44. The van der Waals surface area contributed by atoms with E-state index >= 15 is 0 Å². The van der Waals surface area contributed by atoms with Gasteiger partial charge >= 0.3 is 0 Å². The number of hydrogen-bond donors (Lipinski definition) is 1. The maximum atomic E-state index is 5.75. The zero-order valence-electron chi connectivity index (χ0n) is 6.57. The summed E-state index contributed by atoms with van der Waals surface area (Å²) in [6.07, 6.45) is 1.63. The fourth-order valence-electron chi connectivity index (χ4n) is 1.00. The summed E-state index contributed by atoms with van der Waals surface area (Å²) in [4.78, 5) is 3.90. The number of rotatable bonds is 1. The van der Waals surface area contributed by atoms with E-state index in [0.29, 0.717) is 9.79 Å². The quantitative estimate of drug-likeness (QED) is 0.736. The normalized spacial score (nSPS) is 10.2. The summed E-state index contributed by atoms with van der Waals surface area (Å²) in [5.74, 6) is 0. The topological polar surface area (TPSA) is 33.6 Å². The van der Waals surface area contributed by atoms with Crippen LogP contribution < -0.4 is 0 Å². The minimum atomic E-state index is 0.468. The van der Waals surface area contributed by atoms with Gasteiger partial charge in [-0.1, -0.05) is 11.6 Å². The Bertz CT molecular complexity index is 457. The molecule has 0 aliphatic rings. The van der Waals surface area contributed by atoms with Crippen LogP contribution in [-0.2, 0) is 0 Å². The highest BCUT2D eigenvalue weighted by molar-refractivity contribution is 7.71. The summed E-state index contributed by atoms with van der Waals surface area (Å²) < 4.78 is 2.20. The zero-order chi connectivity index (χ0) is 9.26. The van der Waals surface area contributed by atoms with Gasteiger partial charge < -0.3 is 0 Å². The Kier molecular flexibility index (Phi) is 2.16. The number of aromatic amines is 1. The van der Waals surface area contributed by atoms with Crippen molar-refractivity contribution in [2.24, 2.45) is 0 Å². The van der Waals surface area contributed by atoms with Gasteiger partial charge in [0.25, 0.3) is 0 Å². The molecule has 0 bridgehead atoms. The first kappa shape index (κ1) is 8.47. The van der Waals surface area contributed by atoms with E-state index in [4.69, 9.17) is 23.8 Å². The van der Waals surface area contributed by atoms with Crippen molar-refractivity contribution in [3.05, 3.63) is 40.4 Å². The van der Waals surface area contributed by atoms with Gasteiger partial charge in [-0.05, 0) is 36.5 Å². The molecule has 0 saturated carbocycles. The minimum absolute atomic E-state index is 0.468. The Labute approximate surface area is 85.0 Å². The second-order valence-electron chi connectivity index (χ2n) is 2.51. The highest BCUT2D eigenvalue weighted by Crippen LogP contribution is 2.11. The van der Waals surface area contributed by atoms with Crippen molar-refractivity contribution < 1.29 is 0 Å². The van der Waals surface area contributed by atoms with Crippen LogP contribution in [0.3, 0.4) is 0 Å². The number of halogens is 1. The summed E-state index contributed by atoms with van der Waals surface area (Å²) in [5, 5.41) is 3.60. The lowest BCUT2D eigenvalue weighted by atomic mass is 10.3.